The van der Waals surface area contributed by atoms with E-state index in [1.165, 1.54) is 52.0 Å². The lowest BCUT2D eigenvalue weighted by Crippen LogP contribution is -2.64. The van der Waals surface area contributed by atoms with Crippen LogP contribution in [0, 0.1) is 11.8 Å². The van der Waals surface area contributed by atoms with E-state index in [9.17, 15) is 72.6 Å². The molecule has 0 saturated heterocycles. The Balaban J connectivity index is 2.87. The first kappa shape index (κ1) is 47.8. The smallest absolute Gasteiger partial charge is 0.459 e. The number of halogens is 6. The first-order valence-electron chi connectivity index (χ1n) is 16.0. The molecule has 0 aliphatic heterocycles. The highest BCUT2D eigenvalue weighted by Crippen LogP contribution is 2.32. The third kappa shape index (κ3) is 12.3. The van der Waals surface area contributed by atoms with E-state index in [-0.39, 0.29) is 4.90 Å². The number of alkyl halides is 6. The molecule has 0 aliphatic rings. The predicted octanol–water partition coefficient (Wildman–Crippen LogP) is 2.03. The lowest BCUT2D eigenvalue weighted by molar-refractivity contribution is -0.178. The van der Waals surface area contributed by atoms with Crippen molar-refractivity contribution in [2.24, 2.45) is 17.6 Å². The standard InChI is InChI=1S/C32H38F6N2O14S2/c1-17(2)21(29(45)51-15-19-11-7-5-8-12-19)40(22(18(3)4)30(46)52-16-20-13-9-6-10-14-20)28(44)26(54-56(49,50)32(36,37)38)24(42)23(41)25(27(39)43)53-55(47,48)31(33,34)35/h5-14,17-18,21-26,41-42H,15-16H2,1-4H3,(H2,39,43). The number of benzene rings is 2. The average molecular weight is 853 g/mol. The van der Waals surface area contributed by atoms with Crippen molar-refractivity contribution in [2.75, 3.05) is 0 Å². The number of rotatable bonds is 19. The van der Waals surface area contributed by atoms with E-state index < -0.39 is 117 Å². The SMILES string of the molecule is CC(C)C(C(=O)OCc1ccccc1)N(C(=O)C(OS(=O)(=O)C(F)(F)F)C(O)C(O)C(OS(=O)(=O)C(F)(F)F)C(N)=O)C(C(=O)OCc1ccccc1)C(C)C. The number of aliphatic hydroxyl groups excluding tert-OH is 2. The van der Waals surface area contributed by atoms with E-state index in [0.717, 1.165) is 0 Å². The molecule has 4 N–H and O–H groups in total. The lowest BCUT2D eigenvalue weighted by Gasteiger charge is -2.41. The van der Waals surface area contributed by atoms with Gasteiger partial charge in [-0.1, -0.05) is 88.4 Å². The number of carbonyl (C=O) groups excluding carboxylic acids is 4. The summed E-state index contributed by atoms with van der Waals surface area (Å²) in [6.45, 7) is 3.90. The van der Waals surface area contributed by atoms with Gasteiger partial charge in [0.15, 0.2) is 12.2 Å². The van der Waals surface area contributed by atoms with Crippen LogP contribution in [0.2, 0.25) is 0 Å². The van der Waals surface area contributed by atoms with E-state index >= 15 is 0 Å². The third-order valence-electron chi connectivity index (χ3n) is 7.57. The number of esters is 2. The summed E-state index contributed by atoms with van der Waals surface area (Å²) in [5.74, 6) is -9.81. The molecule has 0 bridgehead atoms. The Hall–Kier alpha value is -4.36. The van der Waals surface area contributed by atoms with Crippen LogP contribution in [0.1, 0.15) is 38.8 Å². The Bertz CT molecular complexity index is 1810. The van der Waals surface area contributed by atoms with Crippen LogP contribution in [-0.4, -0.2) is 103 Å². The maximum absolute atomic E-state index is 14.5. The highest BCUT2D eigenvalue weighted by molar-refractivity contribution is 7.87. The number of carbonyl (C=O) groups is 4. The van der Waals surface area contributed by atoms with Gasteiger partial charge in [0.1, 0.15) is 37.5 Å². The summed E-state index contributed by atoms with van der Waals surface area (Å²) in [6, 6.07) is 11.2. The summed E-state index contributed by atoms with van der Waals surface area (Å²) in [6.07, 6.45) is -14.6. The second-order valence-electron chi connectivity index (χ2n) is 12.5. The maximum atomic E-state index is 14.5. The van der Waals surface area contributed by atoms with Crippen LogP contribution in [0.25, 0.3) is 0 Å². The van der Waals surface area contributed by atoms with E-state index in [1.807, 2.05) is 0 Å². The van der Waals surface area contributed by atoms with Gasteiger partial charge in [0.2, 0.25) is 0 Å². The zero-order chi connectivity index (χ0) is 43.0. The normalized spacial score (nSPS) is 16.0. The average Bonchev–Trinajstić information content (AvgIpc) is 3.09. The van der Waals surface area contributed by atoms with Crippen molar-refractivity contribution in [3.8, 4) is 0 Å². The van der Waals surface area contributed by atoms with Crippen molar-refractivity contribution in [3.63, 3.8) is 0 Å². The minimum absolute atomic E-state index is 0.134. The summed E-state index contributed by atoms with van der Waals surface area (Å²) < 4.78 is 147. The maximum Gasteiger partial charge on any atom is 0.523 e. The van der Waals surface area contributed by atoms with E-state index in [1.54, 1.807) is 36.4 Å². The largest absolute Gasteiger partial charge is 0.523 e. The van der Waals surface area contributed by atoms with Crippen molar-refractivity contribution in [1.82, 2.24) is 4.90 Å². The zero-order valence-electron chi connectivity index (χ0n) is 29.7. The Morgan fingerprint density at radius 1 is 0.643 bits per heavy atom. The molecule has 2 aromatic carbocycles. The first-order valence-corrected chi connectivity index (χ1v) is 18.8. The number of hydrogen-bond donors (Lipinski definition) is 3. The molecule has 0 fully saturated rings. The van der Waals surface area contributed by atoms with Gasteiger partial charge in [-0.3, -0.25) is 9.59 Å². The van der Waals surface area contributed by atoms with Gasteiger partial charge in [0, 0.05) is 0 Å². The second-order valence-corrected chi connectivity index (χ2v) is 15.7. The van der Waals surface area contributed by atoms with Crippen molar-refractivity contribution >= 4 is 44.0 Å². The van der Waals surface area contributed by atoms with Gasteiger partial charge >= 0.3 is 43.2 Å². The molecule has 56 heavy (non-hydrogen) atoms. The summed E-state index contributed by atoms with van der Waals surface area (Å²) in [4.78, 5) is 54.2. The van der Waals surface area contributed by atoms with Gasteiger partial charge in [-0.15, -0.1) is 0 Å². The highest BCUT2D eigenvalue weighted by Gasteiger charge is 2.57. The van der Waals surface area contributed by atoms with Crippen LogP contribution < -0.4 is 5.73 Å². The zero-order valence-corrected chi connectivity index (χ0v) is 31.3. The first-order chi connectivity index (χ1) is 25.6. The molecule has 6 unspecified atom stereocenters. The molecular formula is C32H38F6N2O14S2. The quantitative estimate of drug-likeness (QED) is 0.0793. The molecule has 24 heteroatoms. The summed E-state index contributed by atoms with van der Waals surface area (Å²) in [5, 5.41) is 21.7. The van der Waals surface area contributed by atoms with E-state index in [4.69, 9.17) is 15.2 Å². The molecule has 0 heterocycles. The Morgan fingerprint density at radius 3 is 1.27 bits per heavy atom. The van der Waals surface area contributed by atoms with Crippen LogP contribution in [0.4, 0.5) is 26.3 Å². The second kappa shape index (κ2) is 19.2. The Morgan fingerprint density at radius 2 is 0.964 bits per heavy atom. The van der Waals surface area contributed by atoms with Crippen molar-refractivity contribution in [2.45, 2.75) is 88.4 Å². The molecule has 314 valence electrons. The van der Waals surface area contributed by atoms with Gasteiger partial charge in [-0.05, 0) is 23.0 Å². The monoisotopic (exact) mass is 852 g/mol. The third-order valence-corrected chi connectivity index (χ3v) is 9.62. The number of nitrogens with two attached hydrogens (primary N) is 1. The van der Waals surface area contributed by atoms with Crippen molar-refractivity contribution in [1.29, 1.82) is 0 Å². The van der Waals surface area contributed by atoms with Crippen LogP contribution in [0.15, 0.2) is 60.7 Å². The Labute approximate surface area is 316 Å². The van der Waals surface area contributed by atoms with Gasteiger partial charge in [-0.25, -0.2) is 18.0 Å². The number of nitrogens with zero attached hydrogens (tertiary/aromatic N) is 1. The summed E-state index contributed by atoms with van der Waals surface area (Å²) >= 11 is 0. The fourth-order valence-electron chi connectivity index (χ4n) is 4.89. The molecule has 0 saturated carbocycles. The van der Waals surface area contributed by atoms with Gasteiger partial charge in [0.25, 0.3) is 11.8 Å². The van der Waals surface area contributed by atoms with Gasteiger partial charge in [0.05, 0.1) is 0 Å². The molecule has 16 nitrogen and oxygen atoms in total. The number of primary amides is 1. The molecule has 2 amide bonds. The minimum atomic E-state index is -7.09. The molecule has 2 aromatic rings. The Kier molecular flexibility index (Phi) is 16.4. The number of amides is 2. The minimum Gasteiger partial charge on any atom is -0.459 e. The molecule has 0 radical (unpaired) electrons. The summed E-state index contributed by atoms with van der Waals surface area (Å²) in [7, 11) is -14.0. The highest BCUT2D eigenvalue weighted by atomic mass is 32.2. The molecule has 6 atom stereocenters. The molecular weight excluding hydrogens is 814 g/mol. The number of hydrogen-bond acceptors (Lipinski definition) is 14. The van der Waals surface area contributed by atoms with E-state index in [0.29, 0.717) is 11.1 Å². The van der Waals surface area contributed by atoms with Crippen molar-refractivity contribution < 1.29 is 90.4 Å². The van der Waals surface area contributed by atoms with Crippen LogP contribution in [0.5, 0.6) is 0 Å². The molecule has 0 aromatic heterocycles. The topological polar surface area (TPSA) is 243 Å². The molecule has 0 spiro atoms. The molecule has 0 aliphatic carbocycles. The number of aliphatic hydroxyl groups is 2. The number of ether oxygens (including phenoxy) is 2. The fraction of sp³-hybridized carbons (Fsp3) is 0.500. The van der Waals surface area contributed by atoms with Crippen LogP contribution in [-0.2, 0) is 70.5 Å². The van der Waals surface area contributed by atoms with Crippen LogP contribution >= 0.6 is 0 Å². The summed E-state index contributed by atoms with van der Waals surface area (Å²) in [5.41, 5.74) is -7.18. The van der Waals surface area contributed by atoms with Crippen molar-refractivity contribution in [3.05, 3.63) is 71.8 Å². The van der Waals surface area contributed by atoms with E-state index in [2.05, 4.69) is 8.37 Å². The fourth-order valence-corrected chi connectivity index (χ4v) is 6.06. The predicted molar refractivity (Wildman–Crippen MR) is 177 cm³/mol. The lowest BCUT2D eigenvalue weighted by atomic mass is 9.93. The van der Waals surface area contributed by atoms with Gasteiger partial charge in [-0.2, -0.15) is 43.2 Å². The van der Waals surface area contributed by atoms with Gasteiger partial charge < -0.3 is 30.3 Å². The van der Waals surface area contributed by atoms with Crippen LogP contribution in [0.3, 0.4) is 0 Å². The molecule has 2 rings (SSSR count).